The zero-order chi connectivity index (χ0) is 14.1. The number of carbonyl (C=O) groups excluding carboxylic acids is 1. The van der Waals surface area contributed by atoms with Crippen LogP contribution in [0.1, 0.15) is 34.4 Å². The number of carbonyl (C=O) groups is 1. The van der Waals surface area contributed by atoms with Crippen molar-refractivity contribution in [2.75, 3.05) is 5.32 Å². The highest BCUT2D eigenvalue weighted by Gasteiger charge is 2.22. The van der Waals surface area contributed by atoms with Crippen molar-refractivity contribution >= 4 is 27.5 Å². The molecule has 1 amide bonds. The Kier molecular flexibility index (Phi) is 3.62. The van der Waals surface area contributed by atoms with Crippen molar-refractivity contribution < 1.29 is 4.79 Å². The number of anilines is 1. The number of benzene rings is 2. The van der Waals surface area contributed by atoms with E-state index in [0.717, 1.165) is 11.3 Å². The van der Waals surface area contributed by atoms with E-state index in [1.807, 2.05) is 12.1 Å². The quantitative estimate of drug-likeness (QED) is 0.829. The number of nitrogens with one attached hydrogen (secondary N) is 1. The maximum Gasteiger partial charge on any atom is 0.228 e. The molecular formula is C17H16BrNO. The van der Waals surface area contributed by atoms with Crippen LogP contribution in [-0.4, -0.2) is 5.91 Å². The van der Waals surface area contributed by atoms with E-state index >= 15 is 0 Å². The van der Waals surface area contributed by atoms with Crippen LogP contribution in [-0.2, 0) is 11.2 Å². The normalized spacial score (nSPS) is 16.4. The molecule has 0 fully saturated rings. The monoisotopic (exact) mass is 329 g/mol. The topological polar surface area (TPSA) is 29.1 Å². The van der Waals surface area contributed by atoms with E-state index in [4.69, 9.17) is 0 Å². The standard InChI is InChI=1S/C17H16BrNO/c1-11(12-5-3-2-4-6-12)17(18)13-7-8-15-14(9-13)10-16(20)19-15/h2-9,11,17H,10H2,1H3,(H,19,20). The van der Waals surface area contributed by atoms with Gasteiger partial charge in [-0.3, -0.25) is 4.79 Å². The lowest BCUT2D eigenvalue weighted by Gasteiger charge is -2.20. The Morgan fingerprint density at radius 2 is 1.85 bits per heavy atom. The van der Waals surface area contributed by atoms with Crippen molar-refractivity contribution in [2.24, 2.45) is 0 Å². The molecule has 0 aromatic heterocycles. The lowest BCUT2D eigenvalue weighted by atomic mass is 9.92. The molecule has 3 rings (SSSR count). The van der Waals surface area contributed by atoms with Crippen LogP contribution >= 0.6 is 15.9 Å². The number of halogens is 1. The van der Waals surface area contributed by atoms with E-state index in [0.29, 0.717) is 12.3 Å². The van der Waals surface area contributed by atoms with Gasteiger partial charge in [-0.05, 0) is 28.7 Å². The summed E-state index contributed by atoms with van der Waals surface area (Å²) in [6.45, 7) is 2.21. The van der Waals surface area contributed by atoms with E-state index in [9.17, 15) is 4.79 Å². The zero-order valence-corrected chi connectivity index (χ0v) is 12.9. The van der Waals surface area contributed by atoms with Gasteiger partial charge < -0.3 is 5.32 Å². The summed E-state index contributed by atoms with van der Waals surface area (Å²) in [5.41, 5.74) is 4.57. The van der Waals surface area contributed by atoms with Crippen molar-refractivity contribution in [1.82, 2.24) is 0 Å². The van der Waals surface area contributed by atoms with Crippen molar-refractivity contribution in [3.63, 3.8) is 0 Å². The summed E-state index contributed by atoms with van der Waals surface area (Å²) in [4.78, 5) is 11.7. The zero-order valence-electron chi connectivity index (χ0n) is 11.3. The molecule has 2 unspecified atom stereocenters. The molecule has 0 spiro atoms. The Bertz CT molecular complexity index is 639. The van der Waals surface area contributed by atoms with Crippen LogP contribution in [0.2, 0.25) is 0 Å². The van der Waals surface area contributed by atoms with Crippen molar-refractivity contribution in [3.8, 4) is 0 Å². The van der Waals surface area contributed by atoms with Crippen LogP contribution in [0.15, 0.2) is 48.5 Å². The van der Waals surface area contributed by atoms with E-state index in [2.05, 4.69) is 64.6 Å². The first-order chi connectivity index (χ1) is 9.65. The SMILES string of the molecule is CC(c1ccccc1)C(Br)c1ccc2c(c1)CC(=O)N2. The van der Waals surface area contributed by atoms with Gasteiger partial charge in [-0.15, -0.1) is 0 Å². The Hall–Kier alpha value is -1.61. The first kappa shape index (κ1) is 13.4. The van der Waals surface area contributed by atoms with Crippen molar-refractivity contribution in [1.29, 1.82) is 0 Å². The minimum absolute atomic E-state index is 0.0828. The maximum absolute atomic E-state index is 11.4. The van der Waals surface area contributed by atoms with Crippen LogP contribution in [0.4, 0.5) is 5.69 Å². The van der Waals surface area contributed by atoms with Gasteiger partial charge in [0.05, 0.1) is 6.42 Å². The third kappa shape index (κ3) is 2.50. The molecule has 1 aliphatic heterocycles. The molecule has 102 valence electrons. The second-order valence-electron chi connectivity index (χ2n) is 5.24. The van der Waals surface area contributed by atoms with Gasteiger partial charge >= 0.3 is 0 Å². The van der Waals surface area contributed by atoms with Crippen LogP contribution in [0.25, 0.3) is 0 Å². The van der Waals surface area contributed by atoms with Gasteiger partial charge in [0, 0.05) is 10.5 Å². The summed E-state index contributed by atoms with van der Waals surface area (Å²) >= 11 is 3.81. The van der Waals surface area contributed by atoms with Crippen molar-refractivity contribution in [3.05, 3.63) is 65.2 Å². The number of alkyl halides is 1. The summed E-state index contributed by atoms with van der Waals surface area (Å²) in [6, 6.07) is 16.7. The van der Waals surface area contributed by atoms with Crippen LogP contribution in [0, 0.1) is 0 Å². The molecule has 20 heavy (non-hydrogen) atoms. The first-order valence-corrected chi connectivity index (χ1v) is 7.68. The highest BCUT2D eigenvalue weighted by molar-refractivity contribution is 9.09. The van der Waals surface area contributed by atoms with Crippen LogP contribution < -0.4 is 5.32 Å². The minimum Gasteiger partial charge on any atom is -0.326 e. The summed E-state index contributed by atoms with van der Waals surface area (Å²) in [5.74, 6) is 0.457. The summed E-state index contributed by atoms with van der Waals surface area (Å²) in [5, 5.41) is 2.87. The molecular weight excluding hydrogens is 314 g/mol. The molecule has 0 radical (unpaired) electrons. The number of fused-ring (bicyclic) bond motifs is 1. The van der Waals surface area contributed by atoms with Gasteiger partial charge in [-0.2, -0.15) is 0 Å². The molecule has 1 N–H and O–H groups in total. The van der Waals surface area contributed by atoms with Gasteiger partial charge in [0.25, 0.3) is 0 Å². The van der Waals surface area contributed by atoms with Crippen molar-refractivity contribution in [2.45, 2.75) is 24.1 Å². The first-order valence-electron chi connectivity index (χ1n) is 6.77. The Morgan fingerprint density at radius 3 is 2.60 bits per heavy atom. The van der Waals surface area contributed by atoms with E-state index < -0.39 is 0 Å². The molecule has 2 aromatic rings. The largest absolute Gasteiger partial charge is 0.326 e. The van der Waals surface area contributed by atoms with Gasteiger partial charge in [-0.1, -0.05) is 65.3 Å². The van der Waals surface area contributed by atoms with E-state index in [-0.39, 0.29) is 10.7 Å². The number of rotatable bonds is 3. The van der Waals surface area contributed by atoms with Gasteiger partial charge in [-0.25, -0.2) is 0 Å². The fraction of sp³-hybridized carbons (Fsp3) is 0.235. The summed E-state index contributed by atoms with van der Waals surface area (Å²) in [6.07, 6.45) is 0.489. The Labute approximate surface area is 127 Å². The van der Waals surface area contributed by atoms with E-state index in [1.165, 1.54) is 11.1 Å². The molecule has 0 aliphatic carbocycles. The fourth-order valence-corrected chi connectivity index (χ4v) is 3.22. The third-order valence-electron chi connectivity index (χ3n) is 3.84. The number of amides is 1. The molecule has 0 bridgehead atoms. The molecule has 2 aromatic carbocycles. The third-order valence-corrected chi connectivity index (χ3v) is 5.16. The van der Waals surface area contributed by atoms with Gasteiger partial charge in [0.2, 0.25) is 5.91 Å². The van der Waals surface area contributed by atoms with E-state index in [1.54, 1.807) is 0 Å². The molecule has 2 atom stereocenters. The average Bonchev–Trinajstić information content (AvgIpc) is 2.85. The number of hydrogen-bond donors (Lipinski definition) is 1. The van der Waals surface area contributed by atoms with Gasteiger partial charge in [0.1, 0.15) is 0 Å². The maximum atomic E-state index is 11.4. The highest BCUT2D eigenvalue weighted by atomic mass is 79.9. The lowest BCUT2D eigenvalue weighted by molar-refractivity contribution is -0.115. The van der Waals surface area contributed by atoms with Crippen LogP contribution in [0.3, 0.4) is 0 Å². The Balaban J connectivity index is 1.86. The van der Waals surface area contributed by atoms with Crippen LogP contribution in [0.5, 0.6) is 0 Å². The summed E-state index contributed by atoms with van der Waals surface area (Å²) < 4.78 is 0. The predicted molar refractivity (Wildman–Crippen MR) is 85.3 cm³/mol. The molecule has 3 heteroatoms. The molecule has 0 saturated heterocycles. The molecule has 1 aliphatic rings. The minimum atomic E-state index is 0.0828. The predicted octanol–water partition coefficient (Wildman–Crippen LogP) is 4.42. The Morgan fingerprint density at radius 1 is 1.10 bits per heavy atom. The summed E-state index contributed by atoms with van der Waals surface area (Å²) in [7, 11) is 0. The second kappa shape index (κ2) is 5.41. The molecule has 0 saturated carbocycles. The fourth-order valence-electron chi connectivity index (χ4n) is 2.63. The smallest absolute Gasteiger partial charge is 0.228 e. The van der Waals surface area contributed by atoms with Gasteiger partial charge in [0.15, 0.2) is 0 Å². The highest BCUT2D eigenvalue weighted by Crippen LogP contribution is 2.39. The second-order valence-corrected chi connectivity index (χ2v) is 6.23. The molecule has 2 nitrogen and oxygen atoms in total. The lowest BCUT2D eigenvalue weighted by Crippen LogP contribution is -2.03. The average molecular weight is 330 g/mol. The number of hydrogen-bond acceptors (Lipinski definition) is 1. The molecule has 1 heterocycles.